The smallest absolute Gasteiger partial charge is 0.329 e. The predicted octanol–water partition coefficient (Wildman–Crippen LogP) is 2.18. The highest BCUT2D eigenvalue weighted by Crippen LogP contribution is 2.12. The largest absolute Gasteiger partial charge is 0.458 e. The lowest BCUT2D eigenvalue weighted by molar-refractivity contribution is -0.158. The molecule has 0 aromatic carbocycles. The number of nitrogens with one attached hydrogen (secondary N) is 1. The number of carbonyl (C=O) groups excluding carboxylic acids is 2. The summed E-state index contributed by atoms with van der Waals surface area (Å²) in [5.41, 5.74) is -0.304. The van der Waals surface area contributed by atoms with Crippen LogP contribution in [0.25, 0.3) is 0 Å². The molecular formula is C15H22N2O3. The molecule has 0 spiro atoms. The number of nitrogens with zero attached hydrogens (tertiary/aromatic N) is 1. The zero-order valence-electron chi connectivity index (χ0n) is 12.6. The lowest BCUT2D eigenvalue weighted by atomic mass is 10.0. The van der Waals surface area contributed by atoms with Gasteiger partial charge in [0.25, 0.3) is 5.91 Å². The second-order valence-electron chi connectivity index (χ2n) is 5.94. The summed E-state index contributed by atoms with van der Waals surface area (Å²) in [5.74, 6) is -0.885. The number of aromatic nitrogens is 1. The molecule has 5 nitrogen and oxygen atoms in total. The van der Waals surface area contributed by atoms with Crippen molar-refractivity contribution in [3.63, 3.8) is 0 Å². The third-order valence-electron chi connectivity index (χ3n) is 2.51. The van der Waals surface area contributed by atoms with E-state index in [2.05, 4.69) is 10.3 Å². The fourth-order valence-electron chi connectivity index (χ4n) is 1.58. The number of hydrogen-bond acceptors (Lipinski definition) is 4. The number of pyridine rings is 1. The van der Waals surface area contributed by atoms with Crippen LogP contribution in [-0.2, 0) is 9.53 Å². The minimum absolute atomic E-state index is 0.0717. The Bertz CT molecular complexity index is 464. The summed E-state index contributed by atoms with van der Waals surface area (Å²) in [6, 6.07) is 4.36. The number of rotatable bonds is 4. The van der Waals surface area contributed by atoms with Crippen LogP contribution >= 0.6 is 0 Å². The summed E-state index contributed by atoms with van der Waals surface area (Å²) in [6.07, 6.45) is 1.53. The van der Waals surface area contributed by atoms with Crippen LogP contribution in [0.2, 0.25) is 0 Å². The van der Waals surface area contributed by atoms with Crippen LogP contribution in [0.15, 0.2) is 24.4 Å². The van der Waals surface area contributed by atoms with Crippen LogP contribution in [0.1, 0.15) is 45.1 Å². The van der Waals surface area contributed by atoms with Crippen LogP contribution in [0.4, 0.5) is 0 Å². The normalized spacial score (nSPS) is 12.9. The molecule has 1 rings (SSSR count). The average molecular weight is 278 g/mol. The summed E-state index contributed by atoms with van der Waals surface area (Å²) in [6.45, 7) is 9.09. The van der Waals surface area contributed by atoms with Crippen LogP contribution < -0.4 is 5.32 Å². The quantitative estimate of drug-likeness (QED) is 0.857. The van der Waals surface area contributed by atoms with Gasteiger partial charge >= 0.3 is 5.97 Å². The van der Waals surface area contributed by atoms with Crippen LogP contribution in [0.3, 0.4) is 0 Å². The van der Waals surface area contributed by atoms with E-state index in [1.54, 1.807) is 39.0 Å². The highest BCUT2D eigenvalue weighted by molar-refractivity contribution is 5.95. The first kappa shape index (κ1) is 16.1. The van der Waals surface area contributed by atoms with E-state index in [9.17, 15) is 9.59 Å². The van der Waals surface area contributed by atoms with Gasteiger partial charge in [0, 0.05) is 6.20 Å². The second kappa shape index (κ2) is 6.50. The molecule has 0 saturated carbocycles. The van der Waals surface area contributed by atoms with Gasteiger partial charge < -0.3 is 10.1 Å². The van der Waals surface area contributed by atoms with E-state index in [4.69, 9.17) is 4.74 Å². The minimum atomic E-state index is -0.691. The zero-order valence-corrected chi connectivity index (χ0v) is 12.6. The van der Waals surface area contributed by atoms with Crippen molar-refractivity contribution in [2.75, 3.05) is 0 Å². The summed E-state index contributed by atoms with van der Waals surface area (Å²) in [4.78, 5) is 28.1. The molecule has 0 radical (unpaired) electrons. The first-order valence-corrected chi connectivity index (χ1v) is 6.65. The second-order valence-corrected chi connectivity index (χ2v) is 5.94. The van der Waals surface area contributed by atoms with Gasteiger partial charge in [-0.3, -0.25) is 9.78 Å². The van der Waals surface area contributed by atoms with Gasteiger partial charge in [-0.2, -0.15) is 0 Å². The third kappa shape index (κ3) is 4.99. The number of ether oxygens (including phenoxy) is 1. The van der Waals surface area contributed by atoms with E-state index in [0.717, 1.165) is 0 Å². The Morgan fingerprint density at radius 2 is 1.90 bits per heavy atom. The molecular weight excluding hydrogens is 256 g/mol. The standard InChI is InChI=1S/C15H22N2O3/c1-10(2)12(14(19)20-15(3,4)5)17-13(18)11-8-6-7-9-16-11/h6-10,12H,1-5H3,(H,17,18)/t12-/m0/s1. The van der Waals surface area contributed by atoms with Crippen LogP contribution in [0, 0.1) is 5.92 Å². The fourth-order valence-corrected chi connectivity index (χ4v) is 1.58. The Kier molecular flexibility index (Phi) is 5.25. The molecule has 20 heavy (non-hydrogen) atoms. The molecule has 0 saturated heterocycles. The van der Waals surface area contributed by atoms with Crippen LogP contribution in [0.5, 0.6) is 0 Å². The van der Waals surface area contributed by atoms with Crippen molar-refractivity contribution in [2.45, 2.75) is 46.3 Å². The van der Waals surface area contributed by atoms with Crippen molar-refractivity contribution >= 4 is 11.9 Å². The van der Waals surface area contributed by atoms with Crippen molar-refractivity contribution in [3.05, 3.63) is 30.1 Å². The van der Waals surface area contributed by atoms with E-state index in [0.29, 0.717) is 0 Å². The Labute approximate surface area is 119 Å². The molecule has 0 aliphatic carbocycles. The summed E-state index contributed by atoms with van der Waals surface area (Å²) in [7, 11) is 0. The van der Waals surface area contributed by atoms with Crippen molar-refractivity contribution in [1.82, 2.24) is 10.3 Å². The van der Waals surface area contributed by atoms with E-state index < -0.39 is 17.6 Å². The molecule has 0 bridgehead atoms. The van der Waals surface area contributed by atoms with E-state index in [1.807, 2.05) is 13.8 Å². The molecule has 0 aliphatic heterocycles. The third-order valence-corrected chi connectivity index (χ3v) is 2.51. The van der Waals surface area contributed by atoms with Gasteiger partial charge in [-0.15, -0.1) is 0 Å². The lowest BCUT2D eigenvalue weighted by Crippen LogP contribution is -2.47. The monoisotopic (exact) mass is 278 g/mol. The summed E-state index contributed by atoms with van der Waals surface area (Å²) < 4.78 is 5.32. The first-order chi connectivity index (χ1) is 9.20. The zero-order chi connectivity index (χ0) is 15.3. The molecule has 1 atom stereocenters. The van der Waals surface area contributed by atoms with Crippen LogP contribution in [-0.4, -0.2) is 28.5 Å². The first-order valence-electron chi connectivity index (χ1n) is 6.65. The molecule has 1 heterocycles. The van der Waals surface area contributed by atoms with Gasteiger partial charge in [-0.1, -0.05) is 19.9 Å². The highest BCUT2D eigenvalue weighted by atomic mass is 16.6. The fraction of sp³-hybridized carbons (Fsp3) is 0.533. The maximum absolute atomic E-state index is 12.1. The number of amides is 1. The number of esters is 1. The summed E-state index contributed by atoms with van der Waals surface area (Å²) >= 11 is 0. The molecule has 1 amide bonds. The Hall–Kier alpha value is -1.91. The molecule has 0 fully saturated rings. The number of hydrogen-bond donors (Lipinski definition) is 1. The van der Waals surface area contributed by atoms with E-state index in [-0.39, 0.29) is 17.5 Å². The van der Waals surface area contributed by atoms with Crippen molar-refractivity contribution in [3.8, 4) is 0 Å². The Balaban J connectivity index is 2.78. The molecule has 110 valence electrons. The Morgan fingerprint density at radius 3 is 2.35 bits per heavy atom. The van der Waals surface area contributed by atoms with Gasteiger partial charge in [0.05, 0.1) is 0 Å². The SMILES string of the molecule is CC(C)[C@H](NC(=O)c1ccccn1)C(=O)OC(C)(C)C. The number of carbonyl (C=O) groups is 2. The van der Waals surface area contributed by atoms with E-state index >= 15 is 0 Å². The molecule has 0 unspecified atom stereocenters. The highest BCUT2D eigenvalue weighted by Gasteiger charge is 2.29. The lowest BCUT2D eigenvalue weighted by Gasteiger charge is -2.26. The van der Waals surface area contributed by atoms with Gasteiger partial charge in [-0.05, 0) is 38.8 Å². The van der Waals surface area contributed by atoms with Crippen molar-refractivity contribution in [2.24, 2.45) is 5.92 Å². The molecule has 1 aromatic rings. The van der Waals surface area contributed by atoms with Crippen molar-refractivity contribution in [1.29, 1.82) is 0 Å². The maximum Gasteiger partial charge on any atom is 0.329 e. The topological polar surface area (TPSA) is 68.3 Å². The van der Waals surface area contributed by atoms with Gasteiger partial charge in [0.15, 0.2) is 0 Å². The maximum atomic E-state index is 12.1. The van der Waals surface area contributed by atoms with Gasteiger partial charge in [0.1, 0.15) is 17.3 Å². The van der Waals surface area contributed by atoms with Crippen molar-refractivity contribution < 1.29 is 14.3 Å². The molecule has 0 aliphatic rings. The van der Waals surface area contributed by atoms with Gasteiger partial charge in [0.2, 0.25) is 0 Å². The summed E-state index contributed by atoms with van der Waals surface area (Å²) in [5, 5.41) is 2.68. The van der Waals surface area contributed by atoms with Gasteiger partial charge in [-0.25, -0.2) is 4.79 Å². The minimum Gasteiger partial charge on any atom is -0.458 e. The Morgan fingerprint density at radius 1 is 1.25 bits per heavy atom. The predicted molar refractivity (Wildman–Crippen MR) is 76.2 cm³/mol. The molecule has 1 aromatic heterocycles. The molecule has 1 N–H and O–H groups in total. The molecule has 5 heteroatoms. The van der Waals surface area contributed by atoms with E-state index in [1.165, 1.54) is 6.20 Å². The average Bonchev–Trinajstić information content (AvgIpc) is 2.34.